The van der Waals surface area contributed by atoms with Crippen LogP contribution in [-0.4, -0.2) is 16.2 Å². The molecule has 4 nitrogen and oxygen atoms in total. The van der Waals surface area contributed by atoms with Crippen molar-refractivity contribution in [2.24, 2.45) is 0 Å². The van der Waals surface area contributed by atoms with E-state index in [1.165, 1.54) is 18.5 Å². The number of esters is 1. The summed E-state index contributed by atoms with van der Waals surface area (Å²) in [6, 6.07) is 2.47. The van der Waals surface area contributed by atoms with Gasteiger partial charge >= 0.3 is 5.97 Å². The maximum absolute atomic E-state index is 13.2. The van der Waals surface area contributed by atoms with Gasteiger partial charge in [0.25, 0.3) is 0 Å². The quantitative estimate of drug-likeness (QED) is 0.685. The summed E-state index contributed by atoms with van der Waals surface area (Å²) < 4.78 is 18.8. The fraction of sp³-hybridized carbons (Fsp3) is 0.0909. The highest BCUT2D eigenvalue weighted by Gasteiger charge is 2.13. The van der Waals surface area contributed by atoms with E-state index in [9.17, 15) is 9.18 Å². The van der Waals surface area contributed by atoms with Crippen molar-refractivity contribution in [2.45, 2.75) is 6.92 Å². The summed E-state index contributed by atoms with van der Waals surface area (Å²) in [5, 5.41) is 6.13. The summed E-state index contributed by atoms with van der Waals surface area (Å²) in [4.78, 5) is 11.6. The molecule has 0 saturated carbocycles. The minimum atomic E-state index is -0.584. The molecule has 0 bridgehead atoms. The first-order valence-electron chi connectivity index (χ1n) is 4.74. The van der Waals surface area contributed by atoms with Crippen LogP contribution in [0.15, 0.2) is 29.0 Å². The maximum atomic E-state index is 13.2. The van der Waals surface area contributed by atoms with E-state index in [2.05, 4.69) is 26.1 Å². The zero-order valence-corrected chi connectivity index (χ0v) is 10.4. The Kier molecular flexibility index (Phi) is 3.23. The average molecular weight is 299 g/mol. The van der Waals surface area contributed by atoms with Crippen LogP contribution in [0.3, 0.4) is 0 Å². The fourth-order valence-electron chi connectivity index (χ4n) is 1.25. The average Bonchev–Trinajstić information content (AvgIpc) is 2.78. The van der Waals surface area contributed by atoms with E-state index in [0.29, 0.717) is 10.0 Å². The molecule has 0 aliphatic carbocycles. The molecular formula is C11H8BrFN2O2. The smallest absolute Gasteiger partial charge is 0.346 e. The van der Waals surface area contributed by atoms with Gasteiger partial charge in [0, 0.05) is 22.3 Å². The van der Waals surface area contributed by atoms with Crippen LogP contribution in [0.1, 0.15) is 15.9 Å². The lowest BCUT2D eigenvalue weighted by Gasteiger charge is -2.08. The largest absolute Gasteiger partial charge is 0.422 e. The number of H-pyrrole nitrogens is 1. The Morgan fingerprint density at radius 1 is 1.53 bits per heavy atom. The Hall–Kier alpha value is -1.69. The summed E-state index contributed by atoms with van der Waals surface area (Å²) in [6.45, 7) is 1.72. The number of nitrogens with zero attached hydrogens (tertiary/aromatic N) is 1. The third-order valence-electron chi connectivity index (χ3n) is 2.20. The van der Waals surface area contributed by atoms with E-state index in [1.807, 2.05) is 0 Å². The highest BCUT2D eigenvalue weighted by atomic mass is 79.9. The highest BCUT2D eigenvalue weighted by Crippen LogP contribution is 2.27. The summed E-state index contributed by atoms with van der Waals surface area (Å²) in [5.41, 5.74) is 0.938. The molecule has 0 aliphatic heterocycles. The fourth-order valence-corrected chi connectivity index (χ4v) is 1.66. The molecule has 17 heavy (non-hydrogen) atoms. The molecule has 0 fully saturated rings. The van der Waals surface area contributed by atoms with Crippen molar-refractivity contribution in [1.82, 2.24) is 10.2 Å². The number of rotatable bonds is 2. The Morgan fingerprint density at radius 2 is 2.29 bits per heavy atom. The number of aromatic amines is 1. The van der Waals surface area contributed by atoms with Crippen molar-refractivity contribution in [3.05, 3.63) is 45.9 Å². The van der Waals surface area contributed by atoms with Crippen molar-refractivity contribution in [2.75, 3.05) is 0 Å². The topological polar surface area (TPSA) is 55.0 Å². The number of halogens is 2. The van der Waals surface area contributed by atoms with Crippen LogP contribution in [0.2, 0.25) is 0 Å². The first-order valence-corrected chi connectivity index (χ1v) is 5.54. The van der Waals surface area contributed by atoms with E-state index in [1.54, 1.807) is 6.92 Å². The predicted octanol–water partition coefficient (Wildman–Crippen LogP) is 2.84. The molecule has 2 aromatic rings. The minimum absolute atomic E-state index is 0.183. The zero-order chi connectivity index (χ0) is 12.4. The molecule has 0 saturated heterocycles. The molecular weight excluding hydrogens is 291 g/mol. The number of benzene rings is 1. The van der Waals surface area contributed by atoms with Crippen LogP contribution >= 0.6 is 15.9 Å². The Balaban J connectivity index is 2.28. The number of carbonyl (C=O) groups is 1. The lowest BCUT2D eigenvalue weighted by Crippen LogP contribution is -2.08. The summed E-state index contributed by atoms with van der Waals surface area (Å²) in [7, 11) is 0. The van der Waals surface area contributed by atoms with Crippen LogP contribution in [0, 0.1) is 12.7 Å². The van der Waals surface area contributed by atoms with Crippen molar-refractivity contribution in [3.8, 4) is 5.75 Å². The van der Waals surface area contributed by atoms with Crippen molar-refractivity contribution in [3.63, 3.8) is 0 Å². The van der Waals surface area contributed by atoms with Gasteiger partial charge in [0.1, 0.15) is 11.6 Å². The van der Waals surface area contributed by atoms with Crippen molar-refractivity contribution >= 4 is 21.9 Å². The summed E-state index contributed by atoms with van der Waals surface area (Å²) in [6.07, 6.45) is 2.75. The number of carbonyl (C=O) groups excluding carboxylic acids is 1. The van der Waals surface area contributed by atoms with Crippen molar-refractivity contribution in [1.29, 1.82) is 0 Å². The summed E-state index contributed by atoms with van der Waals surface area (Å²) >= 11 is 3.19. The SMILES string of the molecule is Cc1c(Br)cc(F)cc1OC(=O)c1cn[nH]c1. The van der Waals surface area contributed by atoms with Crippen LogP contribution < -0.4 is 4.74 Å². The van der Waals surface area contributed by atoms with Gasteiger partial charge in [-0.25, -0.2) is 9.18 Å². The minimum Gasteiger partial charge on any atom is -0.422 e. The van der Waals surface area contributed by atoms with Crippen LogP contribution in [0.25, 0.3) is 0 Å². The molecule has 88 valence electrons. The molecule has 2 rings (SSSR count). The molecule has 1 aromatic carbocycles. The molecule has 1 heterocycles. The number of aromatic nitrogens is 2. The first kappa shape index (κ1) is 11.8. The zero-order valence-electron chi connectivity index (χ0n) is 8.83. The van der Waals surface area contributed by atoms with Gasteiger partial charge < -0.3 is 4.74 Å². The van der Waals surface area contributed by atoms with Crippen LogP contribution in [0.5, 0.6) is 5.75 Å². The lowest BCUT2D eigenvalue weighted by molar-refractivity contribution is 0.0733. The molecule has 0 atom stereocenters. The maximum Gasteiger partial charge on any atom is 0.346 e. The second kappa shape index (κ2) is 4.67. The van der Waals surface area contributed by atoms with Crippen LogP contribution in [0.4, 0.5) is 4.39 Å². The summed E-state index contributed by atoms with van der Waals surface area (Å²) in [5.74, 6) is -0.875. The van der Waals surface area contributed by atoms with Gasteiger partial charge in [0.05, 0.1) is 11.8 Å². The molecule has 0 unspecified atom stereocenters. The van der Waals surface area contributed by atoms with Gasteiger partial charge in [-0.15, -0.1) is 0 Å². The second-order valence-electron chi connectivity index (χ2n) is 3.39. The van der Waals surface area contributed by atoms with Gasteiger partial charge in [-0.1, -0.05) is 15.9 Å². The van der Waals surface area contributed by atoms with Gasteiger partial charge in [-0.05, 0) is 13.0 Å². The van der Waals surface area contributed by atoms with E-state index in [-0.39, 0.29) is 11.3 Å². The lowest BCUT2D eigenvalue weighted by atomic mass is 10.2. The molecule has 1 aromatic heterocycles. The van der Waals surface area contributed by atoms with E-state index in [4.69, 9.17) is 4.74 Å². The van der Waals surface area contributed by atoms with E-state index >= 15 is 0 Å². The van der Waals surface area contributed by atoms with Crippen molar-refractivity contribution < 1.29 is 13.9 Å². The molecule has 0 spiro atoms. The number of hydrogen-bond donors (Lipinski definition) is 1. The van der Waals surface area contributed by atoms with E-state index < -0.39 is 11.8 Å². The third-order valence-corrected chi connectivity index (χ3v) is 3.02. The molecule has 0 amide bonds. The standard InChI is InChI=1S/C11H8BrFN2O2/c1-6-9(12)2-8(13)3-10(6)17-11(16)7-4-14-15-5-7/h2-5H,1H3,(H,14,15). The molecule has 0 aliphatic rings. The van der Waals surface area contributed by atoms with Gasteiger partial charge in [0.15, 0.2) is 0 Å². The molecule has 6 heteroatoms. The third kappa shape index (κ3) is 2.52. The Morgan fingerprint density at radius 3 is 2.94 bits per heavy atom. The number of ether oxygens (including phenoxy) is 1. The Bertz CT molecular complexity index is 555. The second-order valence-corrected chi connectivity index (χ2v) is 4.24. The highest BCUT2D eigenvalue weighted by molar-refractivity contribution is 9.10. The first-order chi connectivity index (χ1) is 8.08. The van der Waals surface area contributed by atoms with Gasteiger partial charge in [0.2, 0.25) is 0 Å². The molecule has 0 radical (unpaired) electrons. The van der Waals surface area contributed by atoms with Gasteiger partial charge in [-0.3, -0.25) is 5.10 Å². The van der Waals surface area contributed by atoms with Gasteiger partial charge in [-0.2, -0.15) is 5.10 Å². The predicted molar refractivity (Wildman–Crippen MR) is 62.4 cm³/mol. The Labute approximate surface area is 105 Å². The monoisotopic (exact) mass is 298 g/mol. The number of nitrogens with one attached hydrogen (secondary N) is 1. The molecule has 1 N–H and O–H groups in total. The van der Waals surface area contributed by atoms with E-state index in [0.717, 1.165) is 6.07 Å². The normalized spacial score (nSPS) is 10.3. The van der Waals surface area contributed by atoms with Crippen LogP contribution in [-0.2, 0) is 0 Å². The number of hydrogen-bond acceptors (Lipinski definition) is 3.